The molecular formula is C21H24N6O3. The van der Waals surface area contributed by atoms with Gasteiger partial charge >= 0.3 is 5.69 Å². The van der Waals surface area contributed by atoms with E-state index in [4.69, 9.17) is 0 Å². The van der Waals surface area contributed by atoms with Crippen molar-refractivity contribution in [2.24, 2.45) is 7.05 Å². The lowest BCUT2D eigenvalue weighted by Crippen LogP contribution is -2.34. The van der Waals surface area contributed by atoms with Gasteiger partial charge in [-0.25, -0.2) is 0 Å². The Morgan fingerprint density at radius 3 is 2.60 bits per heavy atom. The lowest BCUT2D eigenvalue weighted by Gasteiger charge is -2.29. The van der Waals surface area contributed by atoms with Crippen molar-refractivity contribution in [1.29, 1.82) is 0 Å². The molecule has 1 saturated heterocycles. The summed E-state index contributed by atoms with van der Waals surface area (Å²) in [6.45, 7) is 1.14. The van der Waals surface area contributed by atoms with Gasteiger partial charge in [-0.15, -0.1) is 0 Å². The van der Waals surface area contributed by atoms with Gasteiger partial charge in [0.25, 0.3) is 5.91 Å². The third-order valence-corrected chi connectivity index (χ3v) is 5.50. The van der Waals surface area contributed by atoms with Gasteiger partial charge in [0.05, 0.1) is 23.7 Å². The zero-order valence-corrected chi connectivity index (χ0v) is 16.8. The zero-order chi connectivity index (χ0) is 21.1. The number of aryl methyl sites for hydroxylation is 1. The second kappa shape index (κ2) is 8.48. The van der Waals surface area contributed by atoms with E-state index < -0.39 is 4.92 Å². The third-order valence-electron chi connectivity index (χ3n) is 5.50. The Labute approximate surface area is 174 Å². The minimum absolute atomic E-state index is 0.0204. The zero-order valence-electron chi connectivity index (χ0n) is 16.8. The van der Waals surface area contributed by atoms with Crippen molar-refractivity contribution in [3.63, 3.8) is 0 Å². The molecule has 0 saturated carbocycles. The second-order valence-electron chi connectivity index (χ2n) is 7.66. The predicted molar refractivity (Wildman–Crippen MR) is 110 cm³/mol. The average Bonchev–Trinajstić information content (AvgIpc) is 3.31. The number of hydrogen-bond acceptors (Lipinski definition) is 5. The quantitative estimate of drug-likeness (QED) is 0.476. The summed E-state index contributed by atoms with van der Waals surface area (Å²) >= 11 is 0. The summed E-state index contributed by atoms with van der Waals surface area (Å²) in [6.07, 6.45) is 10.6. The Morgan fingerprint density at radius 1 is 1.13 bits per heavy atom. The Morgan fingerprint density at radius 2 is 1.93 bits per heavy atom. The standard InChI is InChI=1S/C21H24N6O3/c1-24-14-18(11-22-24)20-5-3-2-4-10-26(20)21(28)17-8-6-16(7-9-17)13-25-15-19(12-23-25)27(29)30/h6-9,11-12,14-15,20H,2-5,10,13H2,1H3/t20-/m1/s1. The van der Waals surface area contributed by atoms with Gasteiger partial charge in [0.1, 0.15) is 12.4 Å². The minimum Gasteiger partial charge on any atom is -0.331 e. The van der Waals surface area contributed by atoms with Gasteiger partial charge in [-0.2, -0.15) is 10.2 Å². The summed E-state index contributed by atoms with van der Waals surface area (Å²) in [6, 6.07) is 7.43. The Balaban J connectivity index is 1.50. The molecule has 1 atom stereocenters. The van der Waals surface area contributed by atoms with Crippen molar-refractivity contribution in [1.82, 2.24) is 24.5 Å². The highest BCUT2D eigenvalue weighted by Gasteiger charge is 2.28. The van der Waals surface area contributed by atoms with Crippen molar-refractivity contribution < 1.29 is 9.72 Å². The molecule has 1 aromatic carbocycles. The molecule has 0 radical (unpaired) electrons. The van der Waals surface area contributed by atoms with E-state index in [1.54, 1.807) is 4.68 Å². The maximum Gasteiger partial charge on any atom is 0.307 e. The van der Waals surface area contributed by atoms with E-state index in [1.165, 1.54) is 17.1 Å². The first-order valence-corrected chi connectivity index (χ1v) is 10.1. The SMILES string of the molecule is Cn1cc([C@H]2CCCCCN2C(=O)c2ccc(Cn3cc([N+](=O)[O-])cn3)cc2)cn1. The van der Waals surface area contributed by atoms with Gasteiger partial charge in [0.15, 0.2) is 0 Å². The summed E-state index contributed by atoms with van der Waals surface area (Å²) < 4.78 is 3.29. The minimum atomic E-state index is -0.467. The number of nitrogens with zero attached hydrogens (tertiary/aromatic N) is 6. The van der Waals surface area contributed by atoms with E-state index in [0.717, 1.165) is 43.4 Å². The highest BCUT2D eigenvalue weighted by Crippen LogP contribution is 2.31. The Kier molecular flexibility index (Phi) is 5.60. The van der Waals surface area contributed by atoms with Gasteiger partial charge in [0, 0.05) is 30.9 Å². The third kappa shape index (κ3) is 4.24. The number of amides is 1. The fourth-order valence-electron chi connectivity index (χ4n) is 3.95. The molecule has 156 valence electrons. The summed E-state index contributed by atoms with van der Waals surface area (Å²) in [4.78, 5) is 25.6. The molecule has 30 heavy (non-hydrogen) atoms. The maximum atomic E-state index is 13.3. The number of rotatable bonds is 5. The van der Waals surface area contributed by atoms with Crippen molar-refractivity contribution >= 4 is 11.6 Å². The fourth-order valence-corrected chi connectivity index (χ4v) is 3.95. The topological polar surface area (TPSA) is 99.1 Å². The number of likely N-dealkylation sites (tertiary alicyclic amines) is 1. The number of nitro groups is 1. The maximum absolute atomic E-state index is 13.3. The summed E-state index contributed by atoms with van der Waals surface area (Å²) in [5.41, 5.74) is 2.60. The summed E-state index contributed by atoms with van der Waals surface area (Å²) in [5.74, 6) is 0.0204. The predicted octanol–water partition coefficient (Wildman–Crippen LogP) is 3.33. The van der Waals surface area contributed by atoms with E-state index >= 15 is 0 Å². The molecule has 1 fully saturated rings. The van der Waals surface area contributed by atoms with Crippen LogP contribution < -0.4 is 0 Å². The lowest BCUT2D eigenvalue weighted by atomic mass is 10.0. The Hall–Kier alpha value is -3.49. The van der Waals surface area contributed by atoms with Gasteiger partial charge in [0.2, 0.25) is 0 Å². The molecule has 3 aromatic rings. The molecule has 1 aliphatic rings. The van der Waals surface area contributed by atoms with Crippen LogP contribution in [0.5, 0.6) is 0 Å². The number of carbonyl (C=O) groups excluding carboxylic acids is 1. The number of benzene rings is 1. The van der Waals surface area contributed by atoms with Crippen LogP contribution in [0.15, 0.2) is 49.1 Å². The van der Waals surface area contributed by atoms with E-state index in [9.17, 15) is 14.9 Å². The van der Waals surface area contributed by atoms with Crippen molar-refractivity contribution in [2.45, 2.75) is 38.3 Å². The number of aromatic nitrogens is 4. The molecule has 9 nitrogen and oxygen atoms in total. The highest BCUT2D eigenvalue weighted by molar-refractivity contribution is 5.94. The number of hydrogen-bond donors (Lipinski definition) is 0. The van der Waals surface area contributed by atoms with Crippen LogP contribution in [0, 0.1) is 10.1 Å². The average molecular weight is 408 g/mol. The fraction of sp³-hybridized carbons (Fsp3) is 0.381. The van der Waals surface area contributed by atoms with Crippen molar-refractivity contribution in [2.75, 3.05) is 6.54 Å². The first-order valence-electron chi connectivity index (χ1n) is 10.1. The van der Waals surface area contributed by atoms with Crippen LogP contribution in [0.3, 0.4) is 0 Å². The van der Waals surface area contributed by atoms with Crippen molar-refractivity contribution in [3.05, 3.63) is 75.9 Å². The Bertz CT molecular complexity index is 1040. The summed E-state index contributed by atoms with van der Waals surface area (Å²) in [7, 11) is 1.89. The van der Waals surface area contributed by atoms with E-state index in [0.29, 0.717) is 12.1 Å². The molecule has 4 rings (SSSR count). The monoisotopic (exact) mass is 408 g/mol. The van der Waals surface area contributed by atoms with Crippen LogP contribution >= 0.6 is 0 Å². The largest absolute Gasteiger partial charge is 0.331 e. The van der Waals surface area contributed by atoms with Crippen LogP contribution in [-0.4, -0.2) is 41.8 Å². The van der Waals surface area contributed by atoms with Gasteiger partial charge in [-0.3, -0.25) is 24.3 Å². The van der Waals surface area contributed by atoms with Crippen molar-refractivity contribution in [3.8, 4) is 0 Å². The molecule has 0 bridgehead atoms. The normalized spacial score (nSPS) is 17.0. The van der Waals surface area contributed by atoms with E-state index in [1.807, 2.05) is 48.6 Å². The molecule has 1 amide bonds. The van der Waals surface area contributed by atoms with Crippen LogP contribution in [0.2, 0.25) is 0 Å². The molecule has 0 N–H and O–H groups in total. The summed E-state index contributed by atoms with van der Waals surface area (Å²) in [5, 5.41) is 19.1. The van der Waals surface area contributed by atoms with Gasteiger partial charge < -0.3 is 4.90 Å². The molecule has 9 heteroatoms. The van der Waals surface area contributed by atoms with Crippen LogP contribution in [-0.2, 0) is 13.6 Å². The molecule has 0 spiro atoms. The molecule has 0 aliphatic carbocycles. The van der Waals surface area contributed by atoms with E-state index in [-0.39, 0.29) is 17.6 Å². The smallest absolute Gasteiger partial charge is 0.307 e. The molecule has 1 aliphatic heterocycles. The molecular weight excluding hydrogens is 384 g/mol. The highest BCUT2D eigenvalue weighted by atomic mass is 16.6. The molecule has 0 unspecified atom stereocenters. The van der Waals surface area contributed by atoms with Gasteiger partial charge in [-0.05, 0) is 30.5 Å². The second-order valence-corrected chi connectivity index (χ2v) is 7.66. The molecule has 2 aromatic heterocycles. The van der Waals surface area contributed by atoms with Crippen LogP contribution in [0.25, 0.3) is 0 Å². The number of carbonyl (C=O) groups is 1. The van der Waals surface area contributed by atoms with Gasteiger partial charge in [-0.1, -0.05) is 25.0 Å². The first-order chi connectivity index (χ1) is 14.5. The molecule has 3 heterocycles. The van der Waals surface area contributed by atoms with Crippen LogP contribution in [0.4, 0.5) is 5.69 Å². The lowest BCUT2D eigenvalue weighted by molar-refractivity contribution is -0.385. The van der Waals surface area contributed by atoms with Crippen LogP contribution in [0.1, 0.15) is 53.2 Å². The van der Waals surface area contributed by atoms with E-state index in [2.05, 4.69) is 10.2 Å². The first kappa shape index (κ1) is 19.8.